The van der Waals surface area contributed by atoms with E-state index >= 15 is 0 Å². The molecule has 0 aliphatic carbocycles. The molecule has 0 radical (unpaired) electrons. The Kier molecular flexibility index (Phi) is 2.96. The van der Waals surface area contributed by atoms with Gasteiger partial charge in [0.25, 0.3) is 0 Å². The summed E-state index contributed by atoms with van der Waals surface area (Å²) in [5.74, 6) is -0.152. The lowest BCUT2D eigenvalue weighted by Crippen LogP contribution is -2.01. The fraction of sp³-hybridized carbons (Fsp3) is 0. The van der Waals surface area contributed by atoms with Gasteiger partial charge in [0.1, 0.15) is 16.4 Å². The zero-order valence-corrected chi connectivity index (χ0v) is 11.1. The van der Waals surface area contributed by atoms with Gasteiger partial charge in [0.2, 0.25) is 11.5 Å². The van der Waals surface area contributed by atoms with Gasteiger partial charge >= 0.3 is 0 Å². The van der Waals surface area contributed by atoms with Crippen molar-refractivity contribution in [2.75, 3.05) is 11.5 Å². The first-order valence-electron chi connectivity index (χ1n) is 5.74. The molecule has 0 atom stereocenters. The van der Waals surface area contributed by atoms with Gasteiger partial charge in [-0.1, -0.05) is 46.8 Å². The van der Waals surface area contributed by atoms with E-state index in [0.717, 1.165) is 16.9 Å². The first-order chi connectivity index (χ1) is 9.65. The Morgan fingerprint density at radius 2 is 1.95 bits per heavy atom. The quantitative estimate of drug-likeness (QED) is 0.714. The van der Waals surface area contributed by atoms with E-state index < -0.39 is 0 Å². The summed E-state index contributed by atoms with van der Waals surface area (Å²) in [4.78, 5) is 16.3. The van der Waals surface area contributed by atoms with E-state index in [1.54, 1.807) is 6.07 Å². The SMILES string of the molecule is Nc1nc(N)c(C(=O)c2cc(-c3ccccc3)no2)s1. The van der Waals surface area contributed by atoms with Crippen molar-refractivity contribution in [2.24, 2.45) is 0 Å². The Hall–Kier alpha value is -2.67. The van der Waals surface area contributed by atoms with Crippen LogP contribution in [0.3, 0.4) is 0 Å². The number of aromatic nitrogens is 2. The predicted octanol–water partition coefficient (Wildman–Crippen LogP) is 2.19. The number of benzene rings is 1. The zero-order chi connectivity index (χ0) is 14.1. The maximum Gasteiger partial charge on any atom is 0.244 e. The van der Waals surface area contributed by atoms with E-state index in [1.165, 1.54) is 0 Å². The number of hydrogen-bond acceptors (Lipinski definition) is 7. The number of nitrogens with zero attached hydrogens (tertiary/aromatic N) is 2. The molecular formula is C13H10N4O2S. The molecule has 3 aromatic rings. The summed E-state index contributed by atoms with van der Waals surface area (Å²) >= 11 is 1.03. The van der Waals surface area contributed by atoms with Gasteiger partial charge in [-0.15, -0.1) is 0 Å². The molecule has 20 heavy (non-hydrogen) atoms. The standard InChI is InChI=1S/C13H10N4O2S/c14-12-11(20-13(15)16-12)10(18)9-6-8(17-19-9)7-4-2-1-3-5-7/h1-6H,14H2,(H2,15,16). The van der Waals surface area contributed by atoms with Gasteiger partial charge in [0, 0.05) is 11.6 Å². The van der Waals surface area contributed by atoms with Crippen LogP contribution in [0, 0.1) is 0 Å². The number of hydrogen-bond donors (Lipinski definition) is 2. The minimum Gasteiger partial charge on any atom is -0.382 e. The number of ketones is 1. The summed E-state index contributed by atoms with van der Waals surface area (Å²) < 4.78 is 5.08. The van der Waals surface area contributed by atoms with Gasteiger partial charge in [0.15, 0.2) is 5.13 Å². The Morgan fingerprint density at radius 3 is 2.60 bits per heavy atom. The highest BCUT2D eigenvalue weighted by Gasteiger charge is 2.21. The van der Waals surface area contributed by atoms with Crippen LogP contribution in [0.2, 0.25) is 0 Å². The number of nitrogen functional groups attached to an aromatic ring is 2. The van der Waals surface area contributed by atoms with E-state index in [-0.39, 0.29) is 27.4 Å². The van der Waals surface area contributed by atoms with Crippen LogP contribution in [-0.2, 0) is 0 Å². The van der Waals surface area contributed by atoms with E-state index in [0.29, 0.717) is 5.69 Å². The Labute approximate surface area is 118 Å². The molecule has 0 aliphatic rings. The van der Waals surface area contributed by atoms with Gasteiger partial charge in [0.05, 0.1) is 0 Å². The third-order valence-electron chi connectivity index (χ3n) is 2.68. The highest BCUT2D eigenvalue weighted by Crippen LogP contribution is 2.27. The summed E-state index contributed by atoms with van der Waals surface area (Å²) in [7, 11) is 0. The first kappa shape index (κ1) is 12.4. The maximum atomic E-state index is 12.2. The fourth-order valence-corrected chi connectivity index (χ4v) is 2.45. The van der Waals surface area contributed by atoms with Crippen molar-refractivity contribution in [3.63, 3.8) is 0 Å². The molecule has 0 amide bonds. The second kappa shape index (κ2) is 4.78. The summed E-state index contributed by atoms with van der Waals surface area (Å²) in [5, 5.41) is 4.13. The molecule has 0 unspecified atom stereocenters. The molecule has 7 heteroatoms. The molecule has 0 aliphatic heterocycles. The second-order valence-electron chi connectivity index (χ2n) is 4.04. The van der Waals surface area contributed by atoms with Crippen molar-refractivity contribution in [3.8, 4) is 11.3 Å². The van der Waals surface area contributed by atoms with Crippen molar-refractivity contribution in [1.82, 2.24) is 10.1 Å². The number of rotatable bonds is 3. The Morgan fingerprint density at radius 1 is 1.20 bits per heavy atom. The zero-order valence-electron chi connectivity index (χ0n) is 10.2. The molecule has 0 spiro atoms. The van der Waals surface area contributed by atoms with Gasteiger partial charge in [-0.3, -0.25) is 4.79 Å². The van der Waals surface area contributed by atoms with Crippen molar-refractivity contribution >= 4 is 28.1 Å². The summed E-state index contributed by atoms with van der Waals surface area (Å²) in [5.41, 5.74) is 12.6. The molecule has 2 aromatic heterocycles. The van der Waals surface area contributed by atoms with Crippen LogP contribution in [0.15, 0.2) is 40.9 Å². The van der Waals surface area contributed by atoms with Crippen molar-refractivity contribution in [2.45, 2.75) is 0 Å². The lowest BCUT2D eigenvalue weighted by atomic mass is 10.1. The number of anilines is 2. The van der Waals surface area contributed by atoms with E-state index in [9.17, 15) is 4.79 Å². The molecule has 1 aromatic carbocycles. The molecule has 2 heterocycles. The third-order valence-corrected chi connectivity index (χ3v) is 3.58. The molecule has 0 bridgehead atoms. The molecule has 3 rings (SSSR count). The third kappa shape index (κ3) is 2.14. The van der Waals surface area contributed by atoms with Crippen molar-refractivity contribution in [3.05, 3.63) is 47.0 Å². The van der Waals surface area contributed by atoms with Crippen LogP contribution < -0.4 is 11.5 Å². The van der Waals surface area contributed by atoms with Crippen LogP contribution in [0.25, 0.3) is 11.3 Å². The van der Waals surface area contributed by atoms with Crippen LogP contribution in [0.5, 0.6) is 0 Å². The van der Waals surface area contributed by atoms with Gasteiger partial charge in [-0.05, 0) is 0 Å². The molecular weight excluding hydrogens is 276 g/mol. The van der Waals surface area contributed by atoms with E-state index in [1.807, 2.05) is 30.3 Å². The second-order valence-corrected chi connectivity index (χ2v) is 5.07. The number of nitrogens with two attached hydrogens (primary N) is 2. The van der Waals surface area contributed by atoms with Crippen LogP contribution >= 0.6 is 11.3 Å². The van der Waals surface area contributed by atoms with Gasteiger partial charge < -0.3 is 16.0 Å². The molecule has 4 N–H and O–H groups in total. The van der Waals surface area contributed by atoms with Gasteiger partial charge in [-0.25, -0.2) is 4.98 Å². The Bertz CT molecular complexity index is 764. The average molecular weight is 286 g/mol. The monoisotopic (exact) mass is 286 g/mol. The smallest absolute Gasteiger partial charge is 0.244 e. The predicted molar refractivity (Wildman–Crippen MR) is 76.3 cm³/mol. The van der Waals surface area contributed by atoms with E-state index in [4.69, 9.17) is 16.0 Å². The highest BCUT2D eigenvalue weighted by molar-refractivity contribution is 7.18. The normalized spacial score (nSPS) is 10.6. The number of thiazole rings is 1. The molecule has 0 saturated carbocycles. The van der Waals surface area contributed by atoms with E-state index in [2.05, 4.69) is 10.1 Å². The molecule has 0 saturated heterocycles. The fourth-order valence-electron chi connectivity index (χ4n) is 1.75. The summed E-state index contributed by atoms with van der Waals surface area (Å²) in [6.07, 6.45) is 0. The molecule has 6 nitrogen and oxygen atoms in total. The average Bonchev–Trinajstić information content (AvgIpc) is 3.06. The molecule has 0 fully saturated rings. The first-order valence-corrected chi connectivity index (χ1v) is 6.55. The van der Waals surface area contributed by atoms with Crippen LogP contribution in [-0.4, -0.2) is 15.9 Å². The number of carbonyl (C=O) groups excluding carboxylic acids is 1. The van der Waals surface area contributed by atoms with Crippen LogP contribution in [0.1, 0.15) is 15.4 Å². The lowest BCUT2D eigenvalue weighted by molar-refractivity contribution is 0.100. The summed E-state index contributed by atoms with van der Waals surface area (Å²) in [6, 6.07) is 11.0. The van der Waals surface area contributed by atoms with Crippen LogP contribution in [0.4, 0.5) is 10.9 Å². The largest absolute Gasteiger partial charge is 0.382 e. The molecule has 100 valence electrons. The lowest BCUT2D eigenvalue weighted by Gasteiger charge is -1.92. The highest BCUT2D eigenvalue weighted by atomic mass is 32.1. The minimum atomic E-state index is -0.369. The van der Waals surface area contributed by atoms with Gasteiger partial charge in [-0.2, -0.15) is 0 Å². The summed E-state index contributed by atoms with van der Waals surface area (Å²) in [6.45, 7) is 0. The van der Waals surface area contributed by atoms with Crippen molar-refractivity contribution < 1.29 is 9.32 Å². The minimum absolute atomic E-state index is 0.107. The number of carbonyl (C=O) groups is 1. The topological polar surface area (TPSA) is 108 Å². The Balaban J connectivity index is 1.95. The van der Waals surface area contributed by atoms with Crippen molar-refractivity contribution in [1.29, 1.82) is 0 Å². The maximum absolute atomic E-state index is 12.2.